The van der Waals surface area contributed by atoms with Crippen molar-refractivity contribution in [3.63, 3.8) is 0 Å². The fourth-order valence-electron chi connectivity index (χ4n) is 2.26. The van der Waals surface area contributed by atoms with Crippen molar-refractivity contribution in [2.75, 3.05) is 6.54 Å². The number of furan rings is 1. The summed E-state index contributed by atoms with van der Waals surface area (Å²) in [6, 6.07) is 1.54. The van der Waals surface area contributed by atoms with E-state index in [1.54, 1.807) is 6.07 Å². The Morgan fingerprint density at radius 2 is 2.20 bits per heavy atom. The molecule has 2 rings (SSSR count). The average Bonchev–Trinajstić information content (AvgIpc) is 2.65. The van der Waals surface area contributed by atoms with Gasteiger partial charge in [0.2, 0.25) is 10.0 Å². The number of hydrogen-bond acceptors (Lipinski definition) is 4. The topological polar surface area (TPSA) is 71.3 Å². The molecule has 1 unspecified atom stereocenters. The van der Waals surface area contributed by atoms with Crippen molar-refractivity contribution in [3.05, 3.63) is 16.5 Å². The molecule has 0 saturated heterocycles. The first-order chi connectivity index (χ1) is 9.44. The van der Waals surface area contributed by atoms with Crippen molar-refractivity contribution in [3.8, 4) is 0 Å². The van der Waals surface area contributed by atoms with E-state index in [1.807, 2.05) is 13.8 Å². The molecule has 114 valence electrons. The summed E-state index contributed by atoms with van der Waals surface area (Å²) in [6.07, 6.45) is 3.39. The van der Waals surface area contributed by atoms with Crippen molar-refractivity contribution >= 4 is 26.0 Å². The lowest BCUT2D eigenvalue weighted by Crippen LogP contribution is -2.40. The van der Waals surface area contributed by atoms with Gasteiger partial charge in [0.15, 0.2) is 4.67 Å². The predicted octanol–water partition coefficient (Wildman–Crippen LogP) is 2.62. The fourth-order valence-corrected chi connectivity index (χ4v) is 4.57. The lowest BCUT2D eigenvalue weighted by atomic mass is 9.81. The van der Waals surface area contributed by atoms with Gasteiger partial charge in [-0.1, -0.05) is 13.3 Å². The molecule has 20 heavy (non-hydrogen) atoms. The van der Waals surface area contributed by atoms with Crippen LogP contribution >= 0.6 is 15.9 Å². The van der Waals surface area contributed by atoms with E-state index in [0.29, 0.717) is 18.2 Å². The summed E-state index contributed by atoms with van der Waals surface area (Å²) in [5.41, 5.74) is 0. The molecule has 0 aromatic carbocycles. The summed E-state index contributed by atoms with van der Waals surface area (Å²) >= 11 is 3.19. The molecule has 1 aliphatic rings. The van der Waals surface area contributed by atoms with Gasteiger partial charge in [-0.2, -0.15) is 0 Å². The van der Waals surface area contributed by atoms with Crippen molar-refractivity contribution < 1.29 is 12.8 Å². The highest BCUT2D eigenvalue weighted by atomic mass is 79.9. The highest BCUT2D eigenvalue weighted by molar-refractivity contribution is 9.10. The Morgan fingerprint density at radius 1 is 1.50 bits per heavy atom. The first-order valence-electron chi connectivity index (χ1n) is 6.95. The Labute approximate surface area is 128 Å². The van der Waals surface area contributed by atoms with Gasteiger partial charge in [-0.15, -0.1) is 0 Å². The van der Waals surface area contributed by atoms with E-state index in [-0.39, 0.29) is 15.6 Å². The van der Waals surface area contributed by atoms with Gasteiger partial charge in [0, 0.05) is 12.1 Å². The van der Waals surface area contributed by atoms with E-state index in [1.165, 1.54) is 6.42 Å². The van der Waals surface area contributed by atoms with Crippen LogP contribution in [0.15, 0.2) is 20.0 Å². The summed E-state index contributed by atoms with van der Waals surface area (Å²) in [6.45, 7) is 5.23. The van der Waals surface area contributed by atoms with E-state index < -0.39 is 10.0 Å². The standard InChI is InChI=1S/C13H21BrN2O3S/c1-3-15-8-11-7-12(13(14)19-11)20(17,18)16-9(2)10-5-4-6-10/h7,9-10,15-16H,3-6,8H2,1-2H3. The first kappa shape index (κ1) is 16.0. The second-order valence-corrected chi connectivity index (χ2v) is 7.63. The number of halogens is 1. The molecule has 1 saturated carbocycles. The molecule has 1 aromatic rings. The van der Waals surface area contributed by atoms with Crippen molar-refractivity contribution in [1.82, 2.24) is 10.0 Å². The van der Waals surface area contributed by atoms with Gasteiger partial charge >= 0.3 is 0 Å². The minimum absolute atomic E-state index is 0.0345. The molecular formula is C13H21BrN2O3S. The van der Waals surface area contributed by atoms with E-state index in [2.05, 4.69) is 26.0 Å². The molecule has 0 spiro atoms. The van der Waals surface area contributed by atoms with Crippen LogP contribution in [0.5, 0.6) is 0 Å². The van der Waals surface area contributed by atoms with Crippen LogP contribution in [0.1, 0.15) is 38.9 Å². The van der Waals surface area contributed by atoms with Crippen LogP contribution in [0.25, 0.3) is 0 Å². The zero-order valence-electron chi connectivity index (χ0n) is 11.8. The molecule has 1 fully saturated rings. The number of sulfonamides is 1. The Bertz CT molecular complexity index is 552. The summed E-state index contributed by atoms with van der Waals surface area (Å²) in [5.74, 6) is 1.06. The van der Waals surface area contributed by atoms with Crippen molar-refractivity contribution in [2.24, 2.45) is 5.92 Å². The molecule has 0 aliphatic heterocycles. The van der Waals surface area contributed by atoms with Gasteiger partial charge in [0.25, 0.3) is 0 Å². The Morgan fingerprint density at radius 3 is 2.75 bits per heavy atom. The van der Waals surface area contributed by atoms with Gasteiger partial charge in [0.05, 0.1) is 6.54 Å². The number of rotatable bonds is 7. The third-order valence-corrected chi connectivity index (χ3v) is 6.16. The van der Waals surface area contributed by atoms with Gasteiger partial charge in [0.1, 0.15) is 10.7 Å². The Hall–Kier alpha value is -0.370. The summed E-state index contributed by atoms with van der Waals surface area (Å²) in [5, 5.41) is 3.10. The molecule has 0 bridgehead atoms. The highest BCUT2D eigenvalue weighted by Crippen LogP contribution is 2.31. The molecule has 1 aromatic heterocycles. The minimum atomic E-state index is -3.53. The monoisotopic (exact) mass is 364 g/mol. The quantitative estimate of drug-likeness (QED) is 0.779. The Balaban J connectivity index is 2.09. The lowest BCUT2D eigenvalue weighted by Gasteiger charge is -2.31. The summed E-state index contributed by atoms with van der Waals surface area (Å²) in [7, 11) is -3.53. The molecule has 0 radical (unpaired) electrons. The van der Waals surface area contributed by atoms with Gasteiger partial charge in [-0.05, 0) is 48.2 Å². The normalized spacial score (nSPS) is 17.9. The maximum atomic E-state index is 12.4. The van der Waals surface area contributed by atoms with Crippen LogP contribution in [0.4, 0.5) is 0 Å². The molecule has 1 atom stereocenters. The lowest BCUT2D eigenvalue weighted by molar-refractivity contribution is 0.260. The van der Waals surface area contributed by atoms with Crippen LogP contribution in [0.2, 0.25) is 0 Å². The minimum Gasteiger partial charge on any atom is -0.452 e. The number of hydrogen-bond donors (Lipinski definition) is 2. The maximum Gasteiger partial charge on any atom is 0.245 e. The smallest absolute Gasteiger partial charge is 0.245 e. The zero-order chi connectivity index (χ0) is 14.8. The summed E-state index contributed by atoms with van der Waals surface area (Å²) < 4.78 is 33.2. The molecule has 1 heterocycles. The average molecular weight is 365 g/mol. The third kappa shape index (κ3) is 3.63. The van der Waals surface area contributed by atoms with E-state index >= 15 is 0 Å². The van der Waals surface area contributed by atoms with E-state index in [0.717, 1.165) is 19.4 Å². The first-order valence-corrected chi connectivity index (χ1v) is 9.23. The molecule has 0 amide bonds. The van der Waals surface area contributed by atoms with Gasteiger partial charge in [-0.3, -0.25) is 0 Å². The fraction of sp³-hybridized carbons (Fsp3) is 0.692. The predicted molar refractivity (Wildman–Crippen MR) is 80.9 cm³/mol. The highest BCUT2D eigenvalue weighted by Gasteiger charge is 2.30. The third-order valence-electron chi connectivity index (χ3n) is 3.74. The van der Waals surface area contributed by atoms with Gasteiger partial charge in [-0.25, -0.2) is 13.1 Å². The van der Waals surface area contributed by atoms with E-state index in [9.17, 15) is 8.42 Å². The summed E-state index contributed by atoms with van der Waals surface area (Å²) in [4.78, 5) is 0.177. The largest absolute Gasteiger partial charge is 0.452 e. The second kappa shape index (κ2) is 6.60. The van der Waals surface area contributed by atoms with Crippen molar-refractivity contribution in [1.29, 1.82) is 0 Å². The SMILES string of the molecule is CCNCc1cc(S(=O)(=O)NC(C)C2CCC2)c(Br)o1. The van der Waals surface area contributed by atoms with Crippen LogP contribution in [0.3, 0.4) is 0 Å². The molecule has 2 N–H and O–H groups in total. The van der Waals surface area contributed by atoms with Gasteiger partial charge < -0.3 is 9.73 Å². The maximum absolute atomic E-state index is 12.4. The van der Waals surface area contributed by atoms with Crippen LogP contribution in [-0.4, -0.2) is 21.0 Å². The molecular weight excluding hydrogens is 344 g/mol. The van der Waals surface area contributed by atoms with E-state index in [4.69, 9.17) is 4.42 Å². The number of nitrogens with one attached hydrogen (secondary N) is 2. The molecule has 5 nitrogen and oxygen atoms in total. The van der Waals surface area contributed by atoms with Crippen molar-refractivity contribution in [2.45, 2.75) is 50.6 Å². The molecule has 7 heteroatoms. The Kier molecular flexibility index (Phi) is 5.28. The molecule has 1 aliphatic carbocycles. The van der Waals surface area contributed by atoms with Crippen LogP contribution in [0, 0.1) is 5.92 Å². The van der Waals surface area contributed by atoms with Crippen LogP contribution < -0.4 is 10.0 Å². The van der Waals surface area contributed by atoms with Crippen LogP contribution in [-0.2, 0) is 16.6 Å². The zero-order valence-corrected chi connectivity index (χ0v) is 14.2. The second-order valence-electron chi connectivity index (χ2n) is 5.23.